The molecule has 0 amide bonds. The average molecular weight is 246 g/mol. The van der Waals surface area contributed by atoms with Crippen molar-refractivity contribution >= 4 is 0 Å². The van der Waals surface area contributed by atoms with Crippen LogP contribution in [0.3, 0.4) is 0 Å². The zero-order chi connectivity index (χ0) is 12.9. The lowest BCUT2D eigenvalue weighted by molar-refractivity contribution is -0.0846. The highest BCUT2D eigenvalue weighted by Gasteiger charge is 2.35. The molecule has 0 aromatic heterocycles. The summed E-state index contributed by atoms with van der Waals surface area (Å²) in [5.74, 6) is -4.09. The molecule has 0 atom stereocenters. The Labute approximate surface area is 99.6 Å². The molecule has 0 spiro atoms. The van der Waals surface area contributed by atoms with Crippen LogP contribution in [0.15, 0.2) is 18.2 Å². The van der Waals surface area contributed by atoms with E-state index in [1.54, 1.807) is 6.92 Å². The average Bonchev–Trinajstić information content (AvgIpc) is 2.29. The van der Waals surface area contributed by atoms with Crippen LogP contribution in [0.5, 0.6) is 0 Å². The molecule has 0 aliphatic carbocycles. The van der Waals surface area contributed by atoms with Crippen molar-refractivity contribution in [2.45, 2.75) is 32.6 Å². The normalized spacial score (nSPS) is 11.8. The molecular weight excluding hydrogens is 229 g/mol. The van der Waals surface area contributed by atoms with Crippen LogP contribution in [0.4, 0.5) is 13.2 Å². The zero-order valence-electron chi connectivity index (χ0n) is 10.1. The maximum atomic E-state index is 13.7. The number of alkyl halides is 2. The monoisotopic (exact) mass is 246 g/mol. The van der Waals surface area contributed by atoms with Gasteiger partial charge in [-0.25, -0.2) is 4.39 Å². The van der Waals surface area contributed by atoms with Crippen LogP contribution in [0, 0.1) is 5.82 Å². The highest BCUT2D eigenvalue weighted by atomic mass is 19.3. The van der Waals surface area contributed by atoms with Gasteiger partial charge in [-0.2, -0.15) is 8.78 Å². The zero-order valence-corrected chi connectivity index (χ0v) is 10.1. The summed E-state index contributed by atoms with van der Waals surface area (Å²) in [7, 11) is 0. The van der Waals surface area contributed by atoms with Crippen LogP contribution in [-0.2, 0) is 17.1 Å². The summed E-state index contributed by atoms with van der Waals surface area (Å²) in [4.78, 5) is 0. The number of benzene rings is 1. The summed E-state index contributed by atoms with van der Waals surface area (Å²) < 4.78 is 45.9. The Balaban J connectivity index is 2.89. The molecule has 0 heterocycles. The van der Waals surface area contributed by atoms with Crippen LogP contribution in [0.1, 0.15) is 31.4 Å². The minimum atomic E-state index is -3.27. The van der Waals surface area contributed by atoms with Gasteiger partial charge in [0, 0.05) is 6.61 Å². The number of aryl methyl sites for hydroxylation is 1. The second-order valence-corrected chi connectivity index (χ2v) is 3.89. The van der Waals surface area contributed by atoms with Gasteiger partial charge >= 0.3 is 0 Å². The highest BCUT2D eigenvalue weighted by Crippen LogP contribution is 2.31. The lowest BCUT2D eigenvalue weighted by atomic mass is 10.0. The van der Waals surface area contributed by atoms with E-state index in [1.165, 1.54) is 12.1 Å². The summed E-state index contributed by atoms with van der Waals surface area (Å²) in [6, 6.07) is 4.08. The molecule has 1 rings (SSSR count). The van der Waals surface area contributed by atoms with Gasteiger partial charge in [0.1, 0.15) is 12.4 Å². The highest BCUT2D eigenvalue weighted by molar-refractivity contribution is 5.29. The van der Waals surface area contributed by atoms with E-state index in [9.17, 15) is 13.2 Å². The van der Waals surface area contributed by atoms with Gasteiger partial charge in [-0.05, 0) is 24.5 Å². The molecule has 1 aromatic rings. The predicted octanol–water partition coefficient (Wildman–Crippen LogP) is 3.91. The molecule has 0 saturated heterocycles. The summed E-state index contributed by atoms with van der Waals surface area (Å²) in [6.45, 7) is 3.04. The van der Waals surface area contributed by atoms with E-state index in [1.807, 2.05) is 6.92 Å². The van der Waals surface area contributed by atoms with Crippen LogP contribution in [0.25, 0.3) is 0 Å². The van der Waals surface area contributed by atoms with Crippen LogP contribution >= 0.6 is 0 Å². The Hall–Kier alpha value is -1.03. The molecule has 4 heteroatoms. The van der Waals surface area contributed by atoms with Gasteiger partial charge in [-0.3, -0.25) is 0 Å². The van der Waals surface area contributed by atoms with Crippen LogP contribution in [0.2, 0.25) is 0 Å². The van der Waals surface area contributed by atoms with Crippen molar-refractivity contribution in [2.24, 2.45) is 0 Å². The Morgan fingerprint density at radius 3 is 2.53 bits per heavy atom. The van der Waals surface area contributed by atoms with Crippen molar-refractivity contribution in [2.75, 3.05) is 13.2 Å². The Morgan fingerprint density at radius 1 is 1.24 bits per heavy atom. The molecule has 0 fully saturated rings. The molecule has 0 aliphatic rings. The third-order valence-electron chi connectivity index (χ3n) is 2.49. The van der Waals surface area contributed by atoms with E-state index < -0.39 is 23.9 Å². The second-order valence-electron chi connectivity index (χ2n) is 3.89. The van der Waals surface area contributed by atoms with E-state index in [0.29, 0.717) is 18.4 Å². The molecule has 1 aromatic carbocycles. The molecule has 0 bridgehead atoms. The number of hydrogen-bond donors (Lipinski definition) is 0. The SMILES string of the molecule is CCCOCC(F)(F)c1cccc(CC)c1F. The van der Waals surface area contributed by atoms with E-state index in [0.717, 1.165) is 6.07 Å². The van der Waals surface area contributed by atoms with Crippen molar-refractivity contribution in [1.82, 2.24) is 0 Å². The molecule has 0 aliphatic heterocycles. The summed E-state index contributed by atoms with van der Waals surface area (Å²) in [5, 5.41) is 0. The molecule has 0 saturated carbocycles. The first-order valence-electron chi connectivity index (χ1n) is 5.76. The molecule has 96 valence electrons. The molecule has 0 N–H and O–H groups in total. The fraction of sp³-hybridized carbons (Fsp3) is 0.538. The third-order valence-corrected chi connectivity index (χ3v) is 2.49. The Kier molecular flexibility index (Phi) is 5.00. The number of halogens is 3. The largest absolute Gasteiger partial charge is 0.375 e. The first-order chi connectivity index (χ1) is 8.03. The topological polar surface area (TPSA) is 9.23 Å². The third kappa shape index (κ3) is 3.46. The Morgan fingerprint density at radius 2 is 1.94 bits per heavy atom. The van der Waals surface area contributed by atoms with Crippen molar-refractivity contribution < 1.29 is 17.9 Å². The number of ether oxygens (including phenoxy) is 1. The fourth-order valence-corrected chi connectivity index (χ4v) is 1.56. The molecule has 17 heavy (non-hydrogen) atoms. The van der Waals surface area contributed by atoms with E-state index >= 15 is 0 Å². The smallest absolute Gasteiger partial charge is 0.298 e. The molecule has 0 radical (unpaired) electrons. The van der Waals surface area contributed by atoms with E-state index in [4.69, 9.17) is 4.74 Å². The van der Waals surface area contributed by atoms with Crippen molar-refractivity contribution in [1.29, 1.82) is 0 Å². The standard InChI is InChI=1S/C13H17F3O/c1-3-8-17-9-13(15,16)11-7-5-6-10(4-2)12(11)14/h5-7H,3-4,8-9H2,1-2H3. The van der Waals surface area contributed by atoms with Crippen molar-refractivity contribution in [3.05, 3.63) is 35.1 Å². The summed E-state index contributed by atoms with van der Waals surface area (Å²) in [5.41, 5.74) is -0.273. The summed E-state index contributed by atoms with van der Waals surface area (Å²) in [6.07, 6.45) is 1.05. The molecule has 1 nitrogen and oxygen atoms in total. The minimum Gasteiger partial charge on any atom is -0.375 e. The second kappa shape index (κ2) is 6.05. The van der Waals surface area contributed by atoms with Crippen LogP contribution in [-0.4, -0.2) is 13.2 Å². The number of hydrogen-bond acceptors (Lipinski definition) is 1. The van der Waals surface area contributed by atoms with E-state index in [-0.39, 0.29) is 6.61 Å². The first kappa shape index (κ1) is 14.0. The summed E-state index contributed by atoms with van der Waals surface area (Å²) >= 11 is 0. The quantitative estimate of drug-likeness (QED) is 0.691. The molecule has 0 unspecified atom stereocenters. The van der Waals surface area contributed by atoms with Gasteiger partial charge in [-0.1, -0.05) is 26.0 Å². The lowest BCUT2D eigenvalue weighted by Crippen LogP contribution is -2.23. The maximum absolute atomic E-state index is 13.7. The van der Waals surface area contributed by atoms with Gasteiger partial charge in [0.25, 0.3) is 5.92 Å². The van der Waals surface area contributed by atoms with Crippen LogP contribution < -0.4 is 0 Å². The maximum Gasteiger partial charge on any atom is 0.298 e. The lowest BCUT2D eigenvalue weighted by Gasteiger charge is -2.18. The van der Waals surface area contributed by atoms with Gasteiger partial charge in [0.15, 0.2) is 0 Å². The van der Waals surface area contributed by atoms with E-state index in [2.05, 4.69) is 0 Å². The van der Waals surface area contributed by atoms with Crippen molar-refractivity contribution in [3.63, 3.8) is 0 Å². The van der Waals surface area contributed by atoms with Gasteiger partial charge in [0.2, 0.25) is 0 Å². The van der Waals surface area contributed by atoms with Gasteiger partial charge in [-0.15, -0.1) is 0 Å². The molecular formula is C13H17F3O. The minimum absolute atomic E-state index is 0.255. The fourth-order valence-electron chi connectivity index (χ4n) is 1.56. The van der Waals surface area contributed by atoms with Gasteiger partial charge in [0.05, 0.1) is 5.56 Å². The predicted molar refractivity (Wildman–Crippen MR) is 60.8 cm³/mol. The van der Waals surface area contributed by atoms with Gasteiger partial charge < -0.3 is 4.74 Å². The first-order valence-corrected chi connectivity index (χ1v) is 5.76. The number of rotatable bonds is 6. The van der Waals surface area contributed by atoms with Crippen molar-refractivity contribution in [3.8, 4) is 0 Å². The Bertz CT molecular complexity index is 364.